The Labute approximate surface area is 231 Å². The van der Waals surface area contributed by atoms with E-state index < -0.39 is 0 Å². The minimum atomic E-state index is 0.531. The van der Waals surface area contributed by atoms with E-state index in [2.05, 4.69) is 11.8 Å². The van der Waals surface area contributed by atoms with Gasteiger partial charge in [-0.15, -0.1) is 0 Å². The van der Waals surface area contributed by atoms with Gasteiger partial charge in [-0.05, 0) is 20.5 Å². The molecule has 0 aromatic rings. The second kappa shape index (κ2) is 34.6. The third-order valence-corrected chi connectivity index (χ3v) is 4.92. The quantitative estimate of drug-likeness (QED) is 0.109. The summed E-state index contributed by atoms with van der Waals surface area (Å²) in [5.74, 6) is 0. The fraction of sp³-hybridized carbons (Fsp3) is 1.00. The summed E-state index contributed by atoms with van der Waals surface area (Å²) in [7, 11) is 4.05. The van der Waals surface area contributed by atoms with E-state index in [9.17, 15) is 0 Å². The molecule has 0 saturated heterocycles. The van der Waals surface area contributed by atoms with Crippen molar-refractivity contribution in [1.29, 1.82) is 0 Å². The van der Waals surface area contributed by atoms with Crippen LogP contribution in [0, 0.1) is 0 Å². The van der Waals surface area contributed by atoms with Crippen molar-refractivity contribution in [2.45, 2.75) is 26.2 Å². The molecular formula is C27H57NO10. The van der Waals surface area contributed by atoms with Gasteiger partial charge in [0.2, 0.25) is 0 Å². The molecule has 0 atom stereocenters. The van der Waals surface area contributed by atoms with Gasteiger partial charge in [-0.3, -0.25) is 0 Å². The average Bonchev–Trinajstić information content (AvgIpc) is 2.91. The van der Waals surface area contributed by atoms with Crippen LogP contribution in [0.2, 0.25) is 0 Å². The fourth-order valence-corrected chi connectivity index (χ4v) is 2.78. The number of likely N-dealkylation sites (N-methyl/N-ethyl adjacent to an activating group) is 1. The number of hydrogen-bond donors (Lipinski definition) is 0. The van der Waals surface area contributed by atoms with Crippen molar-refractivity contribution in [3.63, 3.8) is 0 Å². The highest BCUT2D eigenvalue weighted by Crippen LogP contribution is 1.94. The molecule has 0 N–H and O–H groups in total. The van der Waals surface area contributed by atoms with E-state index in [4.69, 9.17) is 47.4 Å². The van der Waals surface area contributed by atoms with E-state index in [1.165, 1.54) is 12.8 Å². The van der Waals surface area contributed by atoms with E-state index >= 15 is 0 Å². The second-order valence-corrected chi connectivity index (χ2v) is 8.63. The zero-order chi connectivity index (χ0) is 27.6. The van der Waals surface area contributed by atoms with Crippen LogP contribution < -0.4 is 0 Å². The predicted molar refractivity (Wildman–Crippen MR) is 146 cm³/mol. The summed E-state index contributed by atoms with van der Waals surface area (Å²) in [5.41, 5.74) is 0. The standard InChI is InChI=1S/C27H57NO10/c1-4-5-6-8-29-10-12-31-14-16-33-18-20-35-22-24-37-26-27-38-25-23-36-21-19-34-17-15-32-13-11-30-9-7-28(2)3/h4-27H2,1-3H3. The number of hydrogen-bond acceptors (Lipinski definition) is 11. The molecule has 0 heterocycles. The molecule has 0 spiro atoms. The molecule has 0 fully saturated rings. The van der Waals surface area contributed by atoms with E-state index in [0.717, 1.165) is 26.2 Å². The summed E-state index contributed by atoms with van der Waals surface area (Å²) in [6.07, 6.45) is 3.56. The van der Waals surface area contributed by atoms with Crippen LogP contribution in [-0.2, 0) is 47.4 Å². The van der Waals surface area contributed by atoms with Crippen molar-refractivity contribution >= 4 is 0 Å². The van der Waals surface area contributed by atoms with Crippen molar-refractivity contribution in [2.24, 2.45) is 0 Å². The Balaban J connectivity index is 3.02. The Bertz CT molecular complexity index is 421. The predicted octanol–water partition coefficient (Wildman–Crippen LogP) is 1.90. The van der Waals surface area contributed by atoms with Crippen molar-refractivity contribution in [3.8, 4) is 0 Å². The Morgan fingerprint density at radius 2 is 0.553 bits per heavy atom. The molecule has 0 aliphatic rings. The van der Waals surface area contributed by atoms with Gasteiger partial charge in [-0.2, -0.15) is 0 Å². The summed E-state index contributed by atoms with van der Waals surface area (Å²) >= 11 is 0. The number of unbranched alkanes of at least 4 members (excludes halogenated alkanes) is 2. The van der Waals surface area contributed by atoms with Crippen molar-refractivity contribution in [3.05, 3.63) is 0 Å². The molecule has 0 radical (unpaired) electrons. The molecule has 230 valence electrons. The first-order valence-corrected chi connectivity index (χ1v) is 14.2. The molecule has 0 amide bonds. The zero-order valence-electron chi connectivity index (χ0n) is 24.5. The molecule has 0 bridgehead atoms. The number of ether oxygens (including phenoxy) is 10. The number of nitrogens with zero attached hydrogens (tertiary/aromatic N) is 1. The van der Waals surface area contributed by atoms with Gasteiger partial charge in [0, 0.05) is 13.2 Å². The smallest absolute Gasteiger partial charge is 0.0701 e. The van der Waals surface area contributed by atoms with Crippen LogP contribution in [-0.4, -0.2) is 158 Å². The molecule has 38 heavy (non-hydrogen) atoms. The first kappa shape index (κ1) is 37.6. The molecular weight excluding hydrogens is 498 g/mol. The number of rotatable bonds is 34. The maximum Gasteiger partial charge on any atom is 0.0701 e. The van der Waals surface area contributed by atoms with Crippen molar-refractivity contribution in [1.82, 2.24) is 4.90 Å². The first-order valence-electron chi connectivity index (χ1n) is 14.2. The Morgan fingerprint density at radius 3 is 0.789 bits per heavy atom. The lowest BCUT2D eigenvalue weighted by Crippen LogP contribution is -2.19. The summed E-state index contributed by atoms with van der Waals surface area (Å²) in [5, 5.41) is 0. The molecule has 0 saturated carbocycles. The zero-order valence-corrected chi connectivity index (χ0v) is 24.5. The fourth-order valence-electron chi connectivity index (χ4n) is 2.78. The van der Waals surface area contributed by atoms with E-state index in [-0.39, 0.29) is 0 Å². The minimum absolute atomic E-state index is 0.531. The van der Waals surface area contributed by atoms with Gasteiger partial charge in [0.15, 0.2) is 0 Å². The van der Waals surface area contributed by atoms with Crippen LogP contribution in [0.1, 0.15) is 26.2 Å². The minimum Gasteiger partial charge on any atom is -0.379 e. The molecule has 0 aromatic carbocycles. The lowest BCUT2D eigenvalue weighted by atomic mass is 10.3. The van der Waals surface area contributed by atoms with Crippen LogP contribution in [0.4, 0.5) is 0 Å². The highest BCUT2D eigenvalue weighted by Gasteiger charge is 1.96. The normalized spacial score (nSPS) is 11.7. The van der Waals surface area contributed by atoms with Gasteiger partial charge in [0.05, 0.1) is 126 Å². The van der Waals surface area contributed by atoms with E-state index in [1.54, 1.807) is 0 Å². The lowest BCUT2D eigenvalue weighted by molar-refractivity contribution is -0.0265. The largest absolute Gasteiger partial charge is 0.379 e. The van der Waals surface area contributed by atoms with Crippen LogP contribution in [0.3, 0.4) is 0 Å². The van der Waals surface area contributed by atoms with Gasteiger partial charge in [0.1, 0.15) is 0 Å². The van der Waals surface area contributed by atoms with Gasteiger partial charge < -0.3 is 52.3 Å². The highest BCUT2D eigenvalue weighted by atomic mass is 16.6. The topological polar surface area (TPSA) is 95.5 Å². The average molecular weight is 556 g/mol. The molecule has 11 nitrogen and oxygen atoms in total. The van der Waals surface area contributed by atoms with Crippen molar-refractivity contribution < 1.29 is 47.4 Å². The van der Waals surface area contributed by atoms with Crippen molar-refractivity contribution in [2.75, 3.05) is 153 Å². The summed E-state index contributed by atoms with van der Waals surface area (Å²) in [6, 6.07) is 0. The molecule has 0 aliphatic carbocycles. The van der Waals surface area contributed by atoms with Crippen LogP contribution in [0.25, 0.3) is 0 Å². The molecule has 0 rings (SSSR count). The van der Waals surface area contributed by atoms with Gasteiger partial charge in [0.25, 0.3) is 0 Å². The van der Waals surface area contributed by atoms with Gasteiger partial charge >= 0.3 is 0 Å². The molecule has 0 unspecified atom stereocenters. The Kier molecular flexibility index (Phi) is 34.2. The maximum absolute atomic E-state index is 5.48. The summed E-state index contributed by atoms with van der Waals surface area (Å²) < 4.78 is 54.6. The molecule has 0 aliphatic heterocycles. The monoisotopic (exact) mass is 555 g/mol. The van der Waals surface area contributed by atoms with E-state index in [0.29, 0.717) is 119 Å². The maximum atomic E-state index is 5.48. The van der Waals surface area contributed by atoms with Gasteiger partial charge in [-0.1, -0.05) is 19.8 Å². The summed E-state index contributed by atoms with van der Waals surface area (Å²) in [6.45, 7) is 14.7. The Hall–Kier alpha value is -0.440. The van der Waals surface area contributed by atoms with Crippen LogP contribution in [0.5, 0.6) is 0 Å². The summed E-state index contributed by atoms with van der Waals surface area (Å²) in [4.78, 5) is 2.09. The first-order chi connectivity index (χ1) is 18.8. The lowest BCUT2D eigenvalue weighted by Gasteiger charge is -2.10. The second-order valence-electron chi connectivity index (χ2n) is 8.63. The third-order valence-electron chi connectivity index (χ3n) is 4.92. The van der Waals surface area contributed by atoms with E-state index in [1.807, 2.05) is 14.1 Å². The van der Waals surface area contributed by atoms with Gasteiger partial charge in [-0.25, -0.2) is 0 Å². The highest BCUT2D eigenvalue weighted by molar-refractivity contribution is 4.41. The molecule has 11 heteroatoms. The Morgan fingerprint density at radius 1 is 0.316 bits per heavy atom. The van der Waals surface area contributed by atoms with Crippen LogP contribution >= 0.6 is 0 Å². The molecule has 0 aromatic heterocycles. The SMILES string of the molecule is CCCCCOCCOCCOCCOCCOCCOCCOCCOCCOCCOCCN(C)C. The van der Waals surface area contributed by atoms with Crippen LogP contribution in [0.15, 0.2) is 0 Å². The third kappa shape index (κ3) is 35.6.